The van der Waals surface area contributed by atoms with E-state index in [1.165, 1.54) is 27.6 Å². The molecule has 0 saturated carbocycles. The van der Waals surface area contributed by atoms with Crippen molar-refractivity contribution in [3.63, 3.8) is 0 Å². The van der Waals surface area contributed by atoms with Crippen LogP contribution in [-0.2, 0) is 13.1 Å². The van der Waals surface area contributed by atoms with Gasteiger partial charge >= 0.3 is 5.69 Å². The zero-order valence-electron chi connectivity index (χ0n) is 17.1. The Labute approximate surface area is 182 Å². The van der Waals surface area contributed by atoms with Crippen molar-refractivity contribution >= 4 is 11.2 Å². The highest BCUT2D eigenvalue weighted by Gasteiger charge is 2.19. The second kappa shape index (κ2) is 8.11. The highest BCUT2D eigenvalue weighted by Crippen LogP contribution is 2.15. The topological polar surface area (TPSA) is 61.8 Å². The molecule has 0 bridgehead atoms. The summed E-state index contributed by atoms with van der Waals surface area (Å²) in [5, 5.41) is 0. The summed E-state index contributed by atoms with van der Waals surface area (Å²) in [5.74, 6) is -0.352. The number of hydrogen-bond acceptors (Lipinski definition) is 3. The summed E-state index contributed by atoms with van der Waals surface area (Å²) >= 11 is 0. The molecule has 0 amide bonds. The first kappa shape index (κ1) is 19.7. The van der Waals surface area contributed by atoms with Gasteiger partial charge in [-0.05, 0) is 35.4 Å². The fourth-order valence-corrected chi connectivity index (χ4v) is 3.85. The zero-order chi connectivity index (χ0) is 22.1. The second-order valence-corrected chi connectivity index (χ2v) is 7.51. The van der Waals surface area contributed by atoms with E-state index in [0.717, 1.165) is 5.56 Å². The molecule has 0 unspecified atom stereocenters. The number of nitrogens with zero attached hydrogens (tertiary/aromatic N) is 4. The Hall–Kier alpha value is -4.26. The summed E-state index contributed by atoms with van der Waals surface area (Å²) in [6, 6.07) is 24.6. The van der Waals surface area contributed by atoms with Crippen LogP contribution < -0.4 is 11.2 Å². The third-order valence-electron chi connectivity index (χ3n) is 5.34. The van der Waals surface area contributed by atoms with Crippen molar-refractivity contribution in [1.29, 1.82) is 0 Å². The van der Waals surface area contributed by atoms with Crippen LogP contribution in [0.3, 0.4) is 0 Å². The van der Waals surface area contributed by atoms with Crippen molar-refractivity contribution in [1.82, 2.24) is 18.7 Å². The molecule has 0 atom stereocenters. The van der Waals surface area contributed by atoms with E-state index in [0.29, 0.717) is 11.3 Å². The van der Waals surface area contributed by atoms with Gasteiger partial charge in [-0.15, -0.1) is 0 Å². The molecule has 0 aliphatic heterocycles. The Balaban J connectivity index is 1.76. The van der Waals surface area contributed by atoms with Gasteiger partial charge in [0.05, 0.1) is 18.6 Å². The number of fused-ring (bicyclic) bond motifs is 1. The van der Waals surface area contributed by atoms with Gasteiger partial charge in [0.2, 0.25) is 0 Å². The van der Waals surface area contributed by atoms with E-state index in [1.54, 1.807) is 28.8 Å². The van der Waals surface area contributed by atoms with E-state index >= 15 is 0 Å². The molecule has 0 saturated heterocycles. The van der Waals surface area contributed by atoms with E-state index in [-0.39, 0.29) is 30.1 Å². The average Bonchev–Trinajstić information content (AvgIpc) is 3.21. The average molecular weight is 426 g/mol. The minimum absolute atomic E-state index is 0.131. The van der Waals surface area contributed by atoms with Crippen LogP contribution in [0.5, 0.6) is 0 Å². The summed E-state index contributed by atoms with van der Waals surface area (Å²) in [7, 11) is 0. The van der Waals surface area contributed by atoms with Crippen LogP contribution in [0.1, 0.15) is 11.1 Å². The molecule has 158 valence electrons. The molecule has 5 aromatic rings. The van der Waals surface area contributed by atoms with Gasteiger partial charge in [0.1, 0.15) is 5.82 Å². The van der Waals surface area contributed by atoms with Crippen LogP contribution in [-0.4, -0.2) is 18.7 Å². The van der Waals surface area contributed by atoms with Crippen LogP contribution in [0, 0.1) is 5.82 Å². The van der Waals surface area contributed by atoms with Crippen molar-refractivity contribution in [2.45, 2.75) is 13.1 Å². The molecular weight excluding hydrogens is 407 g/mol. The number of rotatable bonds is 5. The Kier molecular flexibility index (Phi) is 4.99. The normalized spacial score (nSPS) is 11.2. The van der Waals surface area contributed by atoms with Crippen LogP contribution >= 0.6 is 0 Å². The maximum atomic E-state index is 13.7. The molecule has 2 heterocycles. The molecule has 0 aliphatic carbocycles. The van der Waals surface area contributed by atoms with Crippen LogP contribution in [0.2, 0.25) is 0 Å². The molecule has 5 rings (SSSR count). The lowest BCUT2D eigenvalue weighted by atomic mass is 10.2. The van der Waals surface area contributed by atoms with Gasteiger partial charge in [-0.2, -0.15) is 0 Å². The summed E-state index contributed by atoms with van der Waals surface area (Å²) in [6.07, 6.45) is 1.52. The maximum Gasteiger partial charge on any atom is 0.337 e. The van der Waals surface area contributed by atoms with Gasteiger partial charge in [-0.25, -0.2) is 18.7 Å². The fraction of sp³-hybridized carbons (Fsp3) is 0.0800. The van der Waals surface area contributed by atoms with E-state index in [9.17, 15) is 14.0 Å². The van der Waals surface area contributed by atoms with Crippen molar-refractivity contribution in [2.24, 2.45) is 0 Å². The van der Waals surface area contributed by atoms with Crippen LogP contribution in [0.25, 0.3) is 16.9 Å². The van der Waals surface area contributed by atoms with Crippen molar-refractivity contribution in [2.75, 3.05) is 0 Å². The maximum absolute atomic E-state index is 13.7. The predicted molar refractivity (Wildman–Crippen MR) is 121 cm³/mol. The summed E-state index contributed by atoms with van der Waals surface area (Å²) in [4.78, 5) is 31.3. The lowest BCUT2D eigenvalue weighted by molar-refractivity contribution is 0.623. The third-order valence-corrected chi connectivity index (χ3v) is 5.34. The quantitative estimate of drug-likeness (QED) is 0.432. The Morgan fingerprint density at radius 2 is 1.47 bits per heavy atom. The predicted octanol–water partition coefficient (Wildman–Crippen LogP) is 3.58. The number of benzene rings is 3. The summed E-state index contributed by atoms with van der Waals surface area (Å²) in [5.41, 5.74) is 1.79. The third kappa shape index (κ3) is 3.54. The summed E-state index contributed by atoms with van der Waals surface area (Å²) in [6.45, 7) is 0.383. The smallest absolute Gasteiger partial charge is 0.320 e. The molecule has 0 radical (unpaired) electrons. The molecule has 0 N–H and O–H groups in total. The Morgan fingerprint density at radius 3 is 2.19 bits per heavy atom. The molecule has 3 aromatic carbocycles. The SMILES string of the molecule is O=c1c2c(ncn2Cc2cccc(F)c2)n(-c2ccccc2)c(=O)n1Cc1ccccc1. The fourth-order valence-electron chi connectivity index (χ4n) is 3.85. The van der Waals surface area contributed by atoms with Crippen molar-refractivity contribution in [3.05, 3.63) is 129 Å². The molecule has 0 fully saturated rings. The molecule has 0 aliphatic rings. The largest absolute Gasteiger partial charge is 0.337 e. The first-order valence-corrected chi connectivity index (χ1v) is 10.2. The molecule has 0 spiro atoms. The standard InChI is InChI=1S/C25H19FN4O2/c26-20-11-7-10-19(14-20)15-28-17-27-23-22(28)24(31)29(16-18-8-3-1-4-9-18)25(32)30(23)21-12-5-2-6-13-21/h1-14,17H,15-16H2. The zero-order valence-corrected chi connectivity index (χ0v) is 17.1. The van der Waals surface area contributed by atoms with Gasteiger partial charge in [-0.3, -0.25) is 9.36 Å². The summed E-state index contributed by atoms with van der Waals surface area (Å²) < 4.78 is 18.0. The minimum Gasteiger partial charge on any atom is -0.320 e. The first-order valence-electron chi connectivity index (χ1n) is 10.2. The van der Waals surface area contributed by atoms with Gasteiger partial charge < -0.3 is 4.57 Å². The first-order chi connectivity index (χ1) is 15.6. The monoisotopic (exact) mass is 426 g/mol. The van der Waals surface area contributed by atoms with Gasteiger partial charge in [0.15, 0.2) is 11.2 Å². The van der Waals surface area contributed by atoms with Gasteiger partial charge in [0.25, 0.3) is 5.56 Å². The lowest BCUT2D eigenvalue weighted by Gasteiger charge is -2.13. The van der Waals surface area contributed by atoms with Crippen molar-refractivity contribution < 1.29 is 4.39 Å². The minimum atomic E-state index is -0.464. The number of halogens is 1. The molecule has 6 nitrogen and oxygen atoms in total. The van der Waals surface area contributed by atoms with Gasteiger partial charge in [-0.1, -0.05) is 60.7 Å². The number of imidazole rings is 1. The highest BCUT2D eigenvalue weighted by molar-refractivity contribution is 5.72. The highest BCUT2D eigenvalue weighted by atomic mass is 19.1. The molecule has 32 heavy (non-hydrogen) atoms. The Morgan fingerprint density at radius 1 is 0.781 bits per heavy atom. The Bertz CT molecular complexity index is 1520. The number of hydrogen-bond donors (Lipinski definition) is 0. The van der Waals surface area contributed by atoms with E-state index in [2.05, 4.69) is 4.98 Å². The van der Waals surface area contributed by atoms with E-state index in [4.69, 9.17) is 0 Å². The molecule has 2 aromatic heterocycles. The van der Waals surface area contributed by atoms with E-state index in [1.807, 2.05) is 48.5 Å². The number of para-hydroxylation sites is 1. The van der Waals surface area contributed by atoms with Crippen LogP contribution in [0.4, 0.5) is 4.39 Å². The van der Waals surface area contributed by atoms with Crippen LogP contribution in [0.15, 0.2) is 101 Å². The van der Waals surface area contributed by atoms with E-state index < -0.39 is 11.2 Å². The lowest BCUT2D eigenvalue weighted by Crippen LogP contribution is -2.40. The van der Waals surface area contributed by atoms with Gasteiger partial charge in [0, 0.05) is 6.54 Å². The molecule has 7 heteroatoms. The second-order valence-electron chi connectivity index (χ2n) is 7.51. The number of aromatic nitrogens is 4. The molecular formula is C25H19FN4O2. The van der Waals surface area contributed by atoms with Crippen molar-refractivity contribution in [3.8, 4) is 5.69 Å².